The Hall–Kier alpha value is -2.88. The molecule has 0 saturated carbocycles. The minimum absolute atomic E-state index is 0.264. The van der Waals surface area contributed by atoms with Crippen molar-refractivity contribution in [3.05, 3.63) is 71.4 Å². The quantitative estimate of drug-likeness (QED) is 0.686. The molecule has 1 N–H and O–H groups in total. The number of hydrogen-bond acceptors (Lipinski definition) is 3. The van der Waals surface area contributed by atoms with Crippen LogP contribution in [0.2, 0.25) is 0 Å². The Kier molecular flexibility index (Phi) is 5.05. The number of carbonyl (C=O) groups is 1. The van der Waals surface area contributed by atoms with E-state index in [9.17, 15) is 4.79 Å². The molecule has 138 valence electrons. The summed E-state index contributed by atoms with van der Waals surface area (Å²) in [6.45, 7) is 0.449. The Balaban J connectivity index is 1.39. The lowest BCUT2D eigenvalue weighted by molar-refractivity contribution is -0.137. The number of pyridine rings is 1. The molecule has 4 rings (SSSR count). The van der Waals surface area contributed by atoms with Gasteiger partial charge in [0.25, 0.3) is 0 Å². The fourth-order valence-electron chi connectivity index (χ4n) is 3.82. The van der Waals surface area contributed by atoms with Crippen LogP contribution >= 0.6 is 0 Å². The lowest BCUT2D eigenvalue weighted by Gasteiger charge is -2.24. The normalized spacial score (nSPS) is 16.1. The summed E-state index contributed by atoms with van der Waals surface area (Å²) in [5.41, 5.74) is 4.55. The second-order valence-electron chi connectivity index (χ2n) is 7.26. The molecule has 0 amide bonds. The van der Waals surface area contributed by atoms with Crippen LogP contribution < -0.4 is 4.74 Å². The number of hydrogen-bond donors (Lipinski definition) is 1. The van der Waals surface area contributed by atoms with Gasteiger partial charge >= 0.3 is 5.97 Å². The number of rotatable bonds is 6. The van der Waals surface area contributed by atoms with Gasteiger partial charge in [-0.05, 0) is 67.0 Å². The van der Waals surface area contributed by atoms with Crippen molar-refractivity contribution in [2.75, 3.05) is 0 Å². The Morgan fingerprint density at radius 2 is 2.00 bits per heavy atom. The SMILES string of the molecule is O=C(O)CCC1CCc2cc(OCc3ccc4ccccc4n3)ccc2C1. The molecule has 0 saturated heterocycles. The van der Waals surface area contributed by atoms with E-state index in [0.29, 0.717) is 12.5 Å². The Morgan fingerprint density at radius 3 is 2.89 bits per heavy atom. The van der Waals surface area contributed by atoms with Gasteiger partial charge in [0.05, 0.1) is 11.2 Å². The van der Waals surface area contributed by atoms with E-state index in [0.717, 1.165) is 48.0 Å². The molecule has 0 bridgehead atoms. The maximum absolute atomic E-state index is 10.8. The summed E-state index contributed by atoms with van der Waals surface area (Å²) in [5.74, 6) is 0.640. The van der Waals surface area contributed by atoms with E-state index in [1.54, 1.807) is 0 Å². The van der Waals surface area contributed by atoms with Crippen molar-refractivity contribution in [3.63, 3.8) is 0 Å². The molecule has 4 nitrogen and oxygen atoms in total. The van der Waals surface area contributed by atoms with E-state index < -0.39 is 5.97 Å². The maximum atomic E-state index is 10.8. The molecular weight excluding hydrogens is 338 g/mol. The van der Waals surface area contributed by atoms with Gasteiger partial charge in [-0.2, -0.15) is 0 Å². The van der Waals surface area contributed by atoms with Gasteiger partial charge in [-0.15, -0.1) is 0 Å². The molecule has 0 radical (unpaired) electrons. The highest BCUT2D eigenvalue weighted by Gasteiger charge is 2.19. The number of aliphatic carboxylic acids is 1. The largest absolute Gasteiger partial charge is 0.487 e. The Bertz CT molecular complexity index is 967. The first-order valence-corrected chi connectivity index (χ1v) is 9.48. The van der Waals surface area contributed by atoms with Crippen molar-refractivity contribution in [3.8, 4) is 5.75 Å². The zero-order chi connectivity index (χ0) is 18.6. The summed E-state index contributed by atoms with van der Waals surface area (Å²) in [4.78, 5) is 15.4. The van der Waals surface area contributed by atoms with Crippen LogP contribution in [0.5, 0.6) is 5.75 Å². The lowest BCUT2D eigenvalue weighted by Crippen LogP contribution is -2.15. The molecule has 3 aromatic rings. The predicted octanol–water partition coefficient (Wildman–Crippen LogP) is 4.78. The molecule has 1 aliphatic carbocycles. The highest BCUT2D eigenvalue weighted by atomic mass is 16.5. The predicted molar refractivity (Wildman–Crippen MR) is 105 cm³/mol. The van der Waals surface area contributed by atoms with Crippen molar-refractivity contribution in [1.29, 1.82) is 0 Å². The molecule has 0 spiro atoms. The standard InChI is InChI=1S/C23H23NO3/c25-23(26)12-6-16-5-7-19-14-21(11-9-18(19)13-16)27-15-20-10-8-17-3-1-2-4-22(17)24-20/h1-4,8-11,14,16H,5-7,12-13,15H2,(H,25,26). The smallest absolute Gasteiger partial charge is 0.303 e. The van der Waals surface area contributed by atoms with E-state index in [2.05, 4.69) is 29.2 Å². The summed E-state index contributed by atoms with van der Waals surface area (Å²) < 4.78 is 5.97. The van der Waals surface area contributed by atoms with Crippen LogP contribution in [0.1, 0.15) is 36.1 Å². The zero-order valence-electron chi connectivity index (χ0n) is 15.2. The highest BCUT2D eigenvalue weighted by molar-refractivity contribution is 5.78. The number of para-hydroxylation sites is 1. The third-order valence-corrected chi connectivity index (χ3v) is 5.32. The number of fused-ring (bicyclic) bond motifs is 2. The van der Waals surface area contributed by atoms with Crippen LogP contribution in [0.25, 0.3) is 10.9 Å². The maximum Gasteiger partial charge on any atom is 0.303 e. The van der Waals surface area contributed by atoms with Gasteiger partial charge in [0, 0.05) is 11.8 Å². The first-order chi connectivity index (χ1) is 13.2. The highest BCUT2D eigenvalue weighted by Crippen LogP contribution is 2.31. The van der Waals surface area contributed by atoms with E-state index >= 15 is 0 Å². The van der Waals surface area contributed by atoms with E-state index in [1.807, 2.05) is 30.3 Å². The molecule has 1 aromatic heterocycles. The first kappa shape index (κ1) is 17.5. The zero-order valence-corrected chi connectivity index (χ0v) is 15.2. The van der Waals surface area contributed by atoms with E-state index in [-0.39, 0.29) is 6.42 Å². The number of aromatic nitrogens is 1. The van der Waals surface area contributed by atoms with Crippen LogP contribution in [-0.4, -0.2) is 16.1 Å². The van der Waals surface area contributed by atoms with Gasteiger partial charge in [-0.3, -0.25) is 4.79 Å². The van der Waals surface area contributed by atoms with Gasteiger partial charge in [0.1, 0.15) is 12.4 Å². The van der Waals surface area contributed by atoms with Crippen molar-refractivity contribution in [1.82, 2.24) is 4.98 Å². The fraction of sp³-hybridized carbons (Fsp3) is 0.304. The van der Waals surface area contributed by atoms with Crippen LogP contribution in [0.3, 0.4) is 0 Å². The summed E-state index contributed by atoms with van der Waals surface area (Å²) in [5, 5.41) is 10.00. The average molecular weight is 361 g/mol. The number of carboxylic acid groups (broad SMARTS) is 1. The third-order valence-electron chi connectivity index (χ3n) is 5.32. The number of nitrogens with zero attached hydrogens (tertiary/aromatic N) is 1. The molecule has 4 heteroatoms. The van der Waals surface area contributed by atoms with Gasteiger partial charge < -0.3 is 9.84 Å². The van der Waals surface area contributed by atoms with Crippen molar-refractivity contribution in [2.24, 2.45) is 5.92 Å². The van der Waals surface area contributed by atoms with E-state index in [4.69, 9.17) is 9.84 Å². The Labute approximate surface area is 158 Å². The van der Waals surface area contributed by atoms with Gasteiger partial charge in [-0.25, -0.2) is 4.98 Å². The van der Waals surface area contributed by atoms with Crippen LogP contribution in [0, 0.1) is 5.92 Å². The topological polar surface area (TPSA) is 59.4 Å². The molecule has 2 aromatic carbocycles. The van der Waals surface area contributed by atoms with Crippen LogP contribution in [-0.2, 0) is 24.2 Å². The van der Waals surface area contributed by atoms with Crippen molar-refractivity contribution >= 4 is 16.9 Å². The molecule has 1 heterocycles. The molecule has 0 aliphatic heterocycles. The van der Waals surface area contributed by atoms with Gasteiger partial charge in [0.15, 0.2) is 0 Å². The lowest BCUT2D eigenvalue weighted by atomic mass is 9.81. The minimum Gasteiger partial charge on any atom is -0.487 e. The molecule has 1 aliphatic rings. The molecular formula is C23H23NO3. The molecule has 0 fully saturated rings. The minimum atomic E-state index is -0.702. The average Bonchev–Trinajstić information content (AvgIpc) is 2.70. The Morgan fingerprint density at radius 1 is 1.11 bits per heavy atom. The molecule has 27 heavy (non-hydrogen) atoms. The van der Waals surface area contributed by atoms with Crippen molar-refractivity contribution < 1.29 is 14.6 Å². The monoisotopic (exact) mass is 361 g/mol. The summed E-state index contributed by atoms with van der Waals surface area (Å²) in [7, 11) is 0. The number of carboxylic acids is 1. The van der Waals surface area contributed by atoms with Crippen LogP contribution in [0.4, 0.5) is 0 Å². The summed E-state index contributed by atoms with van der Waals surface area (Å²) >= 11 is 0. The second kappa shape index (κ2) is 7.78. The number of benzene rings is 2. The molecule has 1 unspecified atom stereocenters. The fourth-order valence-corrected chi connectivity index (χ4v) is 3.82. The third kappa shape index (κ3) is 4.27. The van der Waals surface area contributed by atoms with Crippen LogP contribution in [0.15, 0.2) is 54.6 Å². The van der Waals surface area contributed by atoms with Crippen molar-refractivity contribution in [2.45, 2.75) is 38.7 Å². The first-order valence-electron chi connectivity index (χ1n) is 9.48. The van der Waals surface area contributed by atoms with Gasteiger partial charge in [-0.1, -0.05) is 30.3 Å². The number of aryl methyl sites for hydroxylation is 1. The second-order valence-corrected chi connectivity index (χ2v) is 7.26. The summed E-state index contributed by atoms with van der Waals surface area (Å²) in [6.07, 6.45) is 4.04. The molecule has 1 atom stereocenters. The summed E-state index contributed by atoms with van der Waals surface area (Å²) in [6, 6.07) is 18.4. The van der Waals surface area contributed by atoms with Gasteiger partial charge in [0.2, 0.25) is 0 Å². The number of ether oxygens (including phenoxy) is 1. The van der Waals surface area contributed by atoms with E-state index in [1.165, 1.54) is 11.1 Å².